The average Bonchev–Trinajstić information content (AvgIpc) is 2.82. The minimum absolute atomic E-state index is 0.453. The predicted octanol–water partition coefficient (Wildman–Crippen LogP) is 2.99. The predicted molar refractivity (Wildman–Crippen MR) is 86.5 cm³/mol. The molecule has 0 radical (unpaired) electrons. The van der Waals surface area contributed by atoms with Gasteiger partial charge < -0.3 is 19.6 Å². The molecule has 2 heterocycles. The molecule has 2 aromatic heterocycles. The van der Waals surface area contributed by atoms with Crippen molar-refractivity contribution in [2.75, 3.05) is 18.9 Å². The molecule has 0 bridgehead atoms. The zero-order valence-electron chi connectivity index (χ0n) is 12.7. The number of rotatable bonds is 5. The van der Waals surface area contributed by atoms with Crippen molar-refractivity contribution in [1.29, 1.82) is 0 Å². The van der Waals surface area contributed by atoms with Crippen molar-refractivity contribution in [3.05, 3.63) is 54.0 Å². The van der Waals surface area contributed by atoms with E-state index in [2.05, 4.69) is 4.98 Å². The molecule has 114 valence electrons. The molecule has 3 rings (SSSR count). The highest BCUT2D eigenvalue weighted by Crippen LogP contribution is 2.21. The number of hydrogen-bond acceptors (Lipinski definition) is 4. The summed E-state index contributed by atoms with van der Waals surface area (Å²) in [5.74, 6) is 1.54. The lowest BCUT2D eigenvalue weighted by molar-refractivity contribution is 0.218. The second-order valence-corrected chi connectivity index (χ2v) is 5.11. The Morgan fingerprint density at radius 2 is 1.77 bits per heavy atom. The largest absolute Gasteiger partial charge is 0.490 e. The van der Waals surface area contributed by atoms with Crippen molar-refractivity contribution in [3.8, 4) is 11.5 Å². The molecule has 3 aromatic rings. The first kappa shape index (κ1) is 14.3. The van der Waals surface area contributed by atoms with Gasteiger partial charge in [0.2, 0.25) is 0 Å². The lowest BCUT2D eigenvalue weighted by atomic mass is 10.3. The summed E-state index contributed by atoms with van der Waals surface area (Å²) < 4.78 is 13.4. The molecule has 5 nitrogen and oxygen atoms in total. The lowest BCUT2D eigenvalue weighted by Crippen LogP contribution is -2.09. The number of nitrogen functional groups attached to an aromatic ring is 1. The topological polar surface area (TPSA) is 61.8 Å². The molecular formula is C17H19N3O2. The van der Waals surface area contributed by atoms with Crippen LogP contribution >= 0.6 is 0 Å². The van der Waals surface area contributed by atoms with Crippen LogP contribution in [-0.2, 0) is 0 Å². The number of benzene rings is 1. The summed E-state index contributed by atoms with van der Waals surface area (Å²) in [6.07, 6.45) is 1.99. The minimum Gasteiger partial charge on any atom is -0.490 e. The highest BCUT2D eigenvalue weighted by molar-refractivity contribution is 5.55. The van der Waals surface area contributed by atoms with Crippen molar-refractivity contribution >= 4 is 11.3 Å². The Labute approximate surface area is 129 Å². The molecule has 0 fully saturated rings. The maximum absolute atomic E-state index is 5.80. The van der Waals surface area contributed by atoms with Crippen molar-refractivity contribution < 1.29 is 9.47 Å². The van der Waals surface area contributed by atoms with E-state index in [1.165, 1.54) is 0 Å². The minimum atomic E-state index is 0.453. The smallest absolute Gasteiger partial charge is 0.180 e. The zero-order valence-corrected chi connectivity index (χ0v) is 12.7. The van der Waals surface area contributed by atoms with Crippen LogP contribution < -0.4 is 15.2 Å². The molecule has 2 N–H and O–H groups in total. The Morgan fingerprint density at radius 3 is 2.55 bits per heavy atom. The van der Waals surface area contributed by atoms with Gasteiger partial charge in [-0.05, 0) is 50.2 Å². The second-order valence-electron chi connectivity index (χ2n) is 5.11. The number of nitrogens with zero attached hydrogens (tertiary/aromatic N) is 2. The molecule has 0 saturated heterocycles. The SMILES string of the molecule is Cc1nc2c(OCCOc3ccc(N)cc3)cccn2c1C. The Hall–Kier alpha value is -2.69. The first-order valence-electron chi connectivity index (χ1n) is 7.20. The van der Waals surface area contributed by atoms with Crippen LogP contribution in [0.15, 0.2) is 42.6 Å². The van der Waals surface area contributed by atoms with Crippen LogP contribution in [0.1, 0.15) is 11.4 Å². The maximum atomic E-state index is 5.80. The number of hydrogen-bond donors (Lipinski definition) is 1. The average molecular weight is 297 g/mol. The van der Waals surface area contributed by atoms with E-state index >= 15 is 0 Å². The number of aryl methyl sites for hydroxylation is 2. The van der Waals surface area contributed by atoms with Gasteiger partial charge in [0.1, 0.15) is 19.0 Å². The van der Waals surface area contributed by atoms with Crippen LogP contribution in [-0.4, -0.2) is 22.6 Å². The Kier molecular flexibility index (Phi) is 3.87. The fourth-order valence-corrected chi connectivity index (χ4v) is 2.26. The van der Waals surface area contributed by atoms with Gasteiger partial charge in [0.25, 0.3) is 0 Å². The fourth-order valence-electron chi connectivity index (χ4n) is 2.26. The van der Waals surface area contributed by atoms with Crippen molar-refractivity contribution in [3.63, 3.8) is 0 Å². The van der Waals surface area contributed by atoms with Crippen LogP contribution in [0.2, 0.25) is 0 Å². The van der Waals surface area contributed by atoms with Gasteiger partial charge in [-0.15, -0.1) is 0 Å². The monoisotopic (exact) mass is 297 g/mol. The van der Waals surface area contributed by atoms with Gasteiger partial charge in [0.15, 0.2) is 11.4 Å². The first-order chi connectivity index (χ1) is 10.6. The van der Waals surface area contributed by atoms with Gasteiger partial charge in [0.05, 0.1) is 5.69 Å². The van der Waals surface area contributed by atoms with Crippen LogP contribution in [0.3, 0.4) is 0 Å². The maximum Gasteiger partial charge on any atom is 0.180 e. The molecular weight excluding hydrogens is 278 g/mol. The Balaban J connectivity index is 1.62. The van der Waals surface area contributed by atoms with E-state index in [0.29, 0.717) is 13.2 Å². The van der Waals surface area contributed by atoms with Gasteiger partial charge in [-0.3, -0.25) is 0 Å². The molecule has 0 aliphatic rings. The number of fused-ring (bicyclic) bond motifs is 1. The molecule has 0 amide bonds. The molecule has 0 atom stereocenters. The molecule has 0 aliphatic carbocycles. The zero-order chi connectivity index (χ0) is 15.5. The summed E-state index contributed by atoms with van der Waals surface area (Å²) in [6.45, 7) is 4.96. The van der Waals surface area contributed by atoms with Crippen molar-refractivity contribution in [2.24, 2.45) is 0 Å². The molecule has 0 unspecified atom stereocenters. The van der Waals surface area contributed by atoms with E-state index in [1.807, 2.05) is 60.8 Å². The third-order valence-corrected chi connectivity index (χ3v) is 3.58. The Morgan fingerprint density at radius 1 is 1.05 bits per heavy atom. The molecule has 1 aromatic carbocycles. The summed E-state index contributed by atoms with van der Waals surface area (Å²) in [7, 11) is 0. The quantitative estimate of drug-likeness (QED) is 0.581. The van der Waals surface area contributed by atoms with Gasteiger partial charge in [0, 0.05) is 17.6 Å². The van der Waals surface area contributed by atoms with Gasteiger partial charge >= 0.3 is 0 Å². The number of anilines is 1. The van der Waals surface area contributed by atoms with Gasteiger partial charge in [-0.25, -0.2) is 4.98 Å². The van der Waals surface area contributed by atoms with E-state index in [0.717, 1.165) is 34.2 Å². The highest BCUT2D eigenvalue weighted by atomic mass is 16.5. The van der Waals surface area contributed by atoms with E-state index in [9.17, 15) is 0 Å². The third-order valence-electron chi connectivity index (χ3n) is 3.58. The highest BCUT2D eigenvalue weighted by Gasteiger charge is 2.09. The molecule has 5 heteroatoms. The summed E-state index contributed by atoms with van der Waals surface area (Å²) in [5, 5.41) is 0. The van der Waals surface area contributed by atoms with Crippen LogP contribution in [0.5, 0.6) is 11.5 Å². The van der Waals surface area contributed by atoms with E-state index < -0.39 is 0 Å². The normalized spacial score (nSPS) is 10.8. The van der Waals surface area contributed by atoms with Crippen LogP contribution in [0, 0.1) is 13.8 Å². The summed E-state index contributed by atoms with van der Waals surface area (Å²) in [4.78, 5) is 4.54. The number of pyridine rings is 1. The van der Waals surface area contributed by atoms with Gasteiger partial charge in [-0.1, -0.05) is 0 Å². The van der Waals surface area contributed by atoms with Crippen LogP contribution in [0.4, 0.5) is 5.69 Å². The van der Waals surface area contributed by atoms with Crippen LogP contribution in [0.25, 0.3) is 5.65 Å². The number of imidazole rings is 1. The van der Waals surface area contributed by atoms with E-state index in [-0.39, 0.29) is 0 Å². The molecule has 0 spiro atoms. The second kappa shape index (κ2) is 5.97. The van der Waals surface area contributed by atoms with Crippen molar-refractivity contribution in [2.45, 2.75) is 13.8 Å². The van der Waals surface area contributed by atoms with E-state index in [1.54, 1.807) is 0 Å². The number of ether oxygens (including phenoxy) is 2. The standard InChI is InChI=1S/C17H19N3O2/c1-12-13(2)20-9-3-4-16(17(20)19-12)22-11-10-21-15-7-5-14(18)6-8-15/h3-9H,10-11,18H2,1-2H3. The molecule has 0 saturated carbocycles. The molecule has 0 aliphatic heterocycles. The van der Waals surface area contributed by atoms with E-state index in [4.69, 9.17) is 15.2 Å². The summed E-state index contributed by atoms with van der Waals surface area (Å²) in [6, 6.07) is 11.2. The number of aromatic nitrogens is 2. The number of nitrogens with two attached hydrogens (primary N) is 1. The summed E-state index contributed by atoms with van der Waals surface area (Å²) >= 11 is 0. The van der Waals surface area contributed by atoms with Gasteiger partial charge in [-0.2, -0.15) is 0 Å². The molecule has 22 heavy (non-hydrogen) atoms. The lowest BCUT2D eigenvalue weighted by Gasteiger charge is -2.09. The third kappa shape index (κ3) is 2.83. The fraction of sp³-hybridized carbons (Fsp3) is 0.235. The first-order valence-corrected chi connectivity index (χ1v) is 7.20. The van der Waals surface area contributed by atoms with Crippen molar-refractivity contribution in [1.82, 2.24) is 9.38 Å². The summed E-state index contributed by atoms with van der Waals surface area (Å²) in [5.41, 5.74) is 9.33. The Bertz CT molecular complexity index is 778.